The molecule has 1 radical (unpaired) electrons. The standard InChI is InChI=1S/C9H9FIO2/c10-8-2-1-3-9(11)7(8)4-6(13)5-12/h1-2,6,12-13H,4-5H2/t6-/m0/s1. The normalized spacial score (nSPS) is 12.9. The van der Waals surface area contributed by atoms with Crippen molar-refractivity contribution in [1.29, 1.82) is 0 Å². The minimum absolute atomic E-state index is 0.123. The highest BCUT2D eigenvalue weighted by Gasteiger charge is 2.11. The lowest BCUT2D eigenvalue weighted by Gasteiger charge is -2.09. The fraction of sp³-hybridized carbons (Fsp3) is 0.333. The maximum atomic E-state index is 13.1. The molecule has 0 aliphatic rings. The quantitative estimate of drug-likeness (QED) is 0.821. The van der Waals surface area contributed by atoms with Crippen LogP contribution in [0.1, 0.15) is 5.56 Å². The summed E-state index contributed by atoms with van der Waals surface area (Å²) >= 11 is 1.95. The maximum Gasteiger partial charge on any atom is 0.127 e. The van der Waals surface area contributed by atoms with Crippen LogP contribution in [-0.2, 0) is 6.42 Å². The molecule has 0 spiro atoms. The number of hydrogen-bond acceptors (Lipinski definition) is 2. The first-order valence-electron chi connectivity index (χ1n) is 3.78. The fourth-order valence-electron chi connectivity index (χ4n) is 0.968. The Morgan fingerprint density at radius 3 is 2.85 bits per heavy atom. The zero-order chi connectivity index (χ0) is 9.84. The van der Waals surface area contributed by atoms with Gasteiger partial charge in [-0.25, -0.2) is 4.39 Å². The van der Waals surface area contributed by atoms with E-state index < -0.39 is 6.10 Å². The Labute approximate surface area is 89.5 Å². The van der Waals surface area contributed by atoms with Crippen molar-refractivity contribution in [3.63, 3.8) is 0 Å². The second-order valence-corrected chi connectivity index (χ2v) is 3.74. The van der Waals surface area contributed by atoms with Gasteiger partial charge in [0, 0.05) is 15.6 Å². The third-order valence-corrected chi connectivity index (χ3v) is 2.61. The number of hydrogen-bond donors (Lipinski definition) is 2. The summed E-state index contributed by atoms with van der Waals surface area (Å²) in [4.78, 5) is 0. The molecule has 0 aliphatic carbocycles. The highest BCUT2D eigenvalue weighted by atomic mass is 127. The Morgan fingerprint density at radius 1 is 1.62 bits per heavy atom. The molecule has 71 valence electrons. The van der Waals surface area contributed by atoms with E-state index in [1.807, 2.05) is 22.6 Å². The van der Waals surface area contributed by atoms with Crippen molar-refractivity contribution in [2.75, 3.05) is 6.61 Å². The zero-order valence-electron chi connectivity index (χ0n) is 6.80. The molecule has 0 amide bonds. The first-order chi connectivity index (χ1) is 6.15. The van der Waals surface area contributed by atoms with Gasteiger partial charge >= 0.3 is 0 Å². The zero-order valence-corrected chi connectivity index (χ0v) is 8.95. The minimum Gasteiger partial charge on any atom is -0.394 e. The lowest BCUT2D eigenvalue weighted by molar-refractivity contribution is 0.0946. The average molecular weight is 295 g/mol. The Morgan fingerprint density at radius 2 is 2.31 bits per heavy atom. The lowest BCUT2D eigenvalue weighted by Crippen LogP contribution is -2.16. The van der Waals surface area contributed by atoms with Gasteiger partial charge in [0.2, 0.25) is 0 Å². The van der Waals surface area contributed by atoms with Crippen molar-refractivity contribution in [1.82, 2.24) is 0 Å². The summed E-state index contributed by atoms with van der Waals surface area (Å²) in [5.74, 6) is -0.365. The molecule has 0 aromatic heterocycles. The average Bonchev–Trinajstić information content (AvgIpc) is 2.11. The Balaban J connectivity index is 2.87. The van der Waals surface area contributed by atoms with Gasteiger partial charge in [-0.15, -0.1) is 0 Å². The molecule has 0 unspecified atom stereocenters. The molecule has 1 atom stereocenters. The van der Waals surface area contributed by atoms with E-state index in [1.54, 1.807) is 0 Å². The second kappa shape index (κ2) is 4.88. The number of aliphatic hydroxyl groups is 2. The molecule has 1 aromatic carbocycles. The largest absolute Gasteiger partial charge is 0.394 e. The Bertz CT molecular complexity index is 271. The number of rotatable bonds is 3. The summed E-state index contributed by atoms with van der Waals surface area (Å²) in [5, 5.41) is 17.7. The Hall–Kier alpha value is -0.200. The van der Waals surface area contributed by atoms with Gasteiger partial charge in [-0.05, 0) is 34.7 Å². The number of aliphatic hydroxyl groups excluding tert-OH is 2. The second-order valence-electron chi connectivity index (χ2n) is 2.66. The summed E-state index contributed by atoms with van der Waals surface area (Å²) in [5.41, 5.74) is 0.407. The third-order valence-electron chi connectivity index (χ3n) is 1.64. The van der Waals surface area contributed by atoms with Gasteiger partial charge < -0.3 is 10.2 Å². The van der Waals surface area contributed by atoms with Gasteiger partial charge in [0.05, 0.1) is 12.7 Å². The van der Waals surface area contributed by atoms with Crippen LogP contribution in [0, 0.1) is 15.5 Å². The highest BCUT2D eigenvalue weighted by Crippen LogP contribution is 2.16. The van der Waals surface area contributed by atoms with Crippen molar-refractivity contribution < 1.29 is 14.6 Å². The molecule has 0 bridgehead atoms. The van der Waals surface area contributed by atoms with Gasteiger partial charge in [0.1, 0.15) is 5.82 Å². The lowest BCUT2D eigenvalue weighted by atomic mass is 10.1. The van der Waals surface area contributed by atoms with Crippen molar-refractivity contribution in [3.8, 4) is 0 Å². The van der Waals surface area contributed by atoms with Crippen LogP contribution < -0.4 is 0 Å². The van der Waals surface area contributed by atoms with E-state index in [9.17, 15) is 4.39 Å². The van der Waals surface area contributed by atoms with E-state index in [2.05, 4.69) is 6.07 Å². The molecule has 0 fully saturated rings. The smallest absolute Gasteiger partial charge is 0.127 e. The van der Waals surface area contributed by atoms with Crippen molar-refractivity contribution in [2.45, 2.75) is 12.5 Å². The van der Waals surface area contributed by atoms with Crippen LogP contribution in [0.3, 0.4) is 0 Å². The van der Waals surface area contributed by atoms with Crippen molar-refractivity contribution in [2.24, 2.45) is 0 Å². The third kappa shape index (κ3) is 2.89. The maximum absolute atomic E-state index is 13.1. The predicted octanol–water partition coefficient (Wildman–Crippen LogP) is 1.13. The fourth-order valence-corrected chi connectivity index (χ4v) is 1.63. The molecule has 1 aromatic rings. The van der Waals surface area contributed by atoms with E-state index in [0.717, 1.165) is 0 Å². The summed E-state index contributed by atoms with van der Waals surface area (Å²) in [6.45, 7) is -0.357. The Kier molecular flexibility index (Phi) is 4.08. The van der Waals surface area contributed by atoms with Crippen LogP contribution in [0.25, 0.3) is 0 Å². The van der Waals surface area contributed by atoms with Gasteiger partial charge in [0.15, 0.2) is 0 Å². The van der Waals surface area contributed by atoms with Gasteiger partial charge in [-0.2, -0.15) is 0 Å². The number of halogens is 2. The highest BCUT2D eigenvalue weighted by molar-refractivity contribution is 14.1. The van der Waals surface area contributed by atoms with Gasteiger partial charge in [-0.1, -0.05) is 6.07 Å². The summed E-state index contributed by atoms with van der Waals surface area (Å²) < 4.78 is 13.8. The summed E-state index contributed by atoms with van der Waals surface area (Å²) in [7, 11) is 0. The van der Waals surface area contributed by atoms with Gasteiger partial charge in [0.25, 0.3) is 0 Å². The van der Waals surface area contributed by atoms with E-state index in [-0.39, 0.29) is 18.8 Å². The molecule has 1 rings (SSSR count). The molecular formula is C9H9FIO2. The number of benzene rings is 1. The topological polar surface area (TPSA) is 40.5 Å². The summed E-state index contributed by atoms with van der Waals surface area (Å²) in [6, 6.07) is 5.61. The molecule has 2 nitrogen and oxygen atoms in total. The van der Waals surface area contributed by atoms with Crippen LogP contribution in [0.5, 0.6) is 0 Å². The predicted molar refractivity (Wildman–Crippen MR) is 54.7 cm³/mol. The van der Waals surface area contributed by atoms with Crippen LogP contribution in [-0.4, -0.2) is 22.9 Å². The minimum atomic E-state index is -0.904. The molecule has 2 N–H and O–H groups in total. The van der Waals surface area contributed by atoms with Crippen LogP contribution >= 0.6 is 22.6 Å². The first kappa shape index (κ1) is 10.9. The monoisotopic (exact) mass is 295 g/mol. The molecule has 0 aliphatic heterocycles. The molecule has 13 heavy (non-hydrogen) atoms. The SMILES string of the molecule is OC[C@@H](O)Cc1c(I)[c]ccc1F. The van der Waals surface area contributed by atoms with Gasteiger partial charge in [-0.3, -0.25) is 0 Å². The molecule has 0 saturated heterocycles. The molecule has 4 heteroatoms. The van der Waals surface area contributed by atoms with Crippen molar-refractivity contribution in [3.05, 3.63) is 33.1 Å². The van der Waals surface area contributed by atoms with Crippen molar-refractivity contribution >= 4 is 22.6 Å². The van der Waals surface area contributed by atoms with Crippen LogP contribution in [0.2, 0.25) is 0 Å². The van der Waals surface area contributed by atoms with E-state index >= 15 is 0 Å². The summed E-state index contributed by atoms with van der Waals surface area (Å²) in [6.07, 6.45) is -0.781. The van der Waals surface area contributed by atoms with Crippen LogP contribution in [0.15, 0.2) is 12.1 Å². The molecule has 0 heterocycles. The van der Waals surface area contributed by atoms with Crippen LogP contribution in [0.4, 0.5) is 4.39 Å². The molecule has 0 saturated carbocycles. The van der Waals surface area contributed by atoms with E-state index in [0.29, 0.717) is 9.13 Å². The first-order valence-corrected chi connectivity index (χ1v) is 4.86. The van der Waals surface area contributed by atoms with E-state index in [1.165, 1.54) is 12.1 Å². The molecular weight excluding hydrogens is 286 g/mol. The van der Waals surface area contributed by atoms with E-state index in [4.69, 9.17) is 10.2 Å².